The van der Waals surface area contributed by atoms with Crippen LogP contribution in [0, 0.1) is 0 Å². The number of nitrogens with zero attached hydrogens (tertiary/aromatic N) is 3. The average Bonchev–Trinajstić information content (AvgIpc) is 2.70. The normalized spacial score (nSPS) is 19.0. The van der Waals surface area contributed by atoms with Gasteiger partial charge in [-0.2, -0.15) is 5.10 Å². The zero-order valence-corrected chi connectivity index (χ0v) is 12.7. The minimum atomic E-state index is -0.303. The van der Waals surface area contributed by atoms with Crippen LogP contribution in [0.3, 0.4) is 0 Å². The lowest BCUT2D eigenvalue weighted by molar-refractivity contribution is -0.0887. The summed E-state index contributed by atoms with van der Waals surface area (Å²) in [5.41, 5.74) is 1.29. The molecule has 1 aromatic rings. The van der Waals surface area contributed by atoms with Gasteiger partial charge in [-0.25, -0.2) is 4.79 Å². The van der Waals surface area contributed by atoms with E-state index in [4.69, 9.17) is 9.47 Å². The van der Waals surface area contributed by atoms with E-state index < -0.39 is 0 Å². The van der Waals surface area contributed by atoms with Crippen LogP contribution in [0.4, 0.5) is 0 Å². The van der Waals surface area contributed by atoms with Crippen molar-refractivity contribution in [3.63, 3.8) is 0 Å². The van der Waals surface area contributed by atoms with Gasteiger partial charge in [0, 0.05) is 26.7 Å². The fourth-order valence-electron chi connectivity index (χ4n) is 2.49. The van der Waals surface area contributed by atoms with E-state index in [9.17, 15) is 4.79 Å². The maximum Gasteiger partial charge on any atom is 0.341 e. The molecule has 1 fully saturated rings. The first-order chi connectivity index (χ1) is 9.43. The maximum atomic E-state index is 11.9. The Morgan fingerprint density at radius 2 is 2.30 bits per heavy atom. The van der Waals surface area contributed by atoms with Crippen molar-refractivity contribution in [2.24, 2.45) is 7.05 Å². The molecule has 1 aliphatic rings. The summed E-state index contributed by atoms with van der Waals surface area (Å²) in [6, 6.07) is 0. The molecule has 0 radical (unpaired) electrons. The van der Waals surface area contributed by atoms with Gasteiger partial charge in [-0.15, -0.1) is 0 Å². The number of carbonyl (C=O) groups is 1. The highest BCUT2D eigenvalue weighted by Crippen LogP contribution is 2.20. The monoisotopic (exact) mass is 281 g/mol. The van der Waals surface area contributed by atoms with Crippen LogP contribution in [0.25, 0.3) is 0 Å². The second kappa shape index (κ2) is 5.93. The van der Waals surface area contributed by atoms with E-state index in [-0.39, 0.29) is 11.6 Å². The van der Waals surface area contributed by atoms with Crippen molar-refractivity contribution >= 4 is 5.97 Å². The molecule has 1 saturated heterocycles. The maximum absolute atomic E-state index is 11.9. The molecule has 0 atom stereocenters. The molecule has 1 aromatic heterocycles. The van der Waals surface area contributed by atoms with Crippen LogP contribution in [-0.2, 0) is 23.1 Å². The highest BCUT2D eigenvalue weighted by Gasteiger charge is 2.29. The molecule has 0 N–H and O–H groups in total. The minimum Gasteiger partial charge on any atom is -0.462 e. The van der Waals surface area contributed by atoms with Crippen molar-refractivity contribution in [3.8, 4) is 0 Å². The van der Waals surface area contributed by atoms with E-state index in [2.05, 4.69) is 23.8 Å². The van der Waals surface area contributed by atoms with E-state index in [0.29, 0.717) is 25.3 Å². The largest absolute Gasteiger partial charge is 0.462 e. The van der Waals surface area contributed by atoms with Gasteiger partial charge in [-0.1, -0.05) is 0 Å². The topological polar surface area (TPSA) is 56.6 Å². The van der Waals surface area contributed by atoms with Crippen molar-refractivity contribution in [1.29, 1.82) is 0 Å². The second-order valence-electron chi connectivity index (χ2n) is 5.67. The van der Waals surface area contributed by atoms with Crippen LogP contribution in [-0.4, -0.2) is 52.6 Å². The van der Waals surface area contributed by atoms with Crippen LogP contribution >= 0.6 is 0 Å². The number of morpholine rings is 1. The SMILES string of the molecule is CCOC(=O)c1cnn(C)c1CN1CCOC(C)(C)C1. The number of carbonyl (C=O) groups excluding carboxylic acids is 1. The first-order valence-electron chi connectivity index (χ1n) is 6.97. The summed E-state index contributed by atoms with van der Waals surface area (Å²) >= 11 is 0. The summed E-state index contributed by atoms with van der Waals surface area (Å²) in [4.78, 5) is 14.2. The first-order valence-corrected chi connectivity index (χ1v) is 6.97. The molecular weight excluding hydrogens is 258 g/mol. The molecule has 0 amide bonds. The Hall–Kier alpha value is -1.40. The summed E-state index contributed by atoms with van der Waals surface area (Å²) in [5, 5.41) is 4.18. The summed E-state index contributed by atoms with van der Waals surface area (Å²) in [6.07, 6.45) is 1.58. The lowest BCUT2D eigenvalue weighted by atomic mass is 10.1. The van der Waals surface area contributed by atoms with Gasteiger partial charge in [0.1, 0.15) is 5.56 Å². The van der Waals surface area contributed by atoms with Gasteiger partial charge in [-0.3, -0.25) is 9.58 Å². The van der Waals surface area contributed by atoms with Crippen LogP contribution < -0.4 is 0 Å². The number of ether oxygens (including phenoxy) is 2. The number of hydrogen-bond donors (Lipinski definition) is 0. The Morgan fingerprint density at radius 3 is 2.95 bits per heavy atom. The van der Waals surface area contributed by atoms with E-state index in [0.717, 1.165) is 18.8 Å². The second-order valence-corrected chi connectivity index (χ2v) is 5.67. The standard InChI is InChI=1S/C14H23N3O3/c1-5-19-13(18)11-8-15-16(4)12(11)9-17-6-7-20-14(2,3)10-17/h8H,5-7,9-10H2,1-4H3. The van der Waals surface area contributed by atoms with E-state index in [1.807, 2.05) is 7.05 Å². The average molecular weight is 281 g/mol. The molecule has 112 valence electrons. The van der Waals surface area contributed by atoms with Gasteiger partial charge in [0.2, 0.25) is 0 Å². The smallest absolute Gasteiger partial charge is 0.341 e. The highest BCUT2D eigenvalue weighted by atomic mass is 16.5. The predicted molar refractivity (Wildman–Crippen MR) is 74.5 cm³/mol. The van der Waals surface area contributed by atoms with Crippen molar-refractivity contribution in [3.05, 3.63) is 17.5 Å². The molecule has 20 heavy (non-hydrogen) atoms. The van der Waals surface area contributed by atoms with Crippen LogP contribution in [0.5, 0.6) is 0 Å². The minimum absolute atomic E-state index is 0.152. The molecule has 6 heteroatoms. The molecule has 0 bridgehead atoms. The Balaban J connectivity index is 2.12. The number of hydrogen-bond acceptors (Lipinski definition) is 5. The molecule has 0 aromatic carbocycles. The Morgan fingerprint density at radius 1 is 1.55 bits per heavy atom. The van der Waals surface area contributed by atoms with Crippen LogP contribution in [0.15, 0.2) is 6.20 Å². The molecule has 1 aliphatic heterocycles. The Labute approximate surface area is 119 Å². The first kappa shape index (κ1) is 15.0. The predicted octanol–water partition coefficient (Wildman–Crippen LogP) is 1.21. The third kappa shape index (κ3) is 3.37. The quantitative estimate of drug-likeness (QED) is 0.776. The molecular formula is C14H23N3O3. The van der Waals surface area contributed by atoms with Gasteiger partial charge in [0.05, 0.1) is 30.7 Å². The molecule has 0 unspecified atom stereocenters. The van der Waals surface area contributed by atoms with Crippen LogP contribution in [0.1, 0.15) is 36.8 Å². The number of esters is 1. The summed E-state index contributed by atoms with van der Waals surface area (Å²) < 4.78 is 12.5. The lowest BCUT2D eigenvalue weighted by Gasteiger charge is -2.38. The lowest BCUT2D eigenvalue weighted by Crippen LogP contribution is -2.48. The van der Waals surface area contributed by atoms with Gasteiger partial charge in [0.15, 0.2) is 0 Å². The fourth-order valence-corrected chi connectivity index (χ4v) is 2.49. The summed E-state index contributed by atoms with van der Waals surface area (Å²) in [7, 11) is 1.85. The highest BCUT2D eigenvalue weighted by molar-refractivity contribution is 5.90. The number of aromatic nitrogens is 2. The number of aryl methyl sites for hydroxylation is 1. The molecule has 0 aliphatic carbocycles. The van der Waals surface area contributed by atoms with Gasteiger partial charge in [-0.05, 0) is 20.8 Å². The third-order valence-electron chi connectivity index (χ3n) is 3.43. The number of rotatable bonds is 4. The van der Waals surface area contributed by atoms with Gasteiger partial charge in [0.25, 0.3) is 0 Å². The summed E-state index contributed by atoms with van der Waals surface area (Å²) in [6.45, 7) is 9.41. The molecule has 0 spiro atoms. The molecule has 2 rings (SSSR count). The van der Waals surface area contributed by atoms with Crippen molar-refractivity contribution < 1.29 is 14.3 Å². The van der Waals surface area contributed by atoms with Gasteiger partial charge >= 0.3 is 5.97 Å². The zero-order chi connectivity index (χ0) is 14.8. The van der Waals surface area contributed by atoms with E-state index in [1.54, 1.807) is 17.8 Å². The van der Waals surface area contributed by atoms with E-state index >= 15 is 0 Å². The van der Waals surface area contributed by atoms with Gasteiger partial charge < -0.3 is 9.47 Å². The van der Waals surface area contributed by atoms with E-state index in [1.165, 1.54) is 0 Å². The Kier molecular flexibility index (Phi) is 4.45. The summed E-state index contributed by atoms with van der Waals surface area (Å²) in [5.74, 6) is -0.303. The van der Waals surface area contributed by atoms with Crippen molar-refractivity contribution in [2.45, 2.75) is 32.9 Å². The fraction of sp³-hybridized carbons (Fsp3) is 0.714. The van der Waals surface area contributed by atoms with Crippen molar-refractivity contribution in [2.75, 3.05) is 26.3 Å². The zero-order valence-electron chi connectivity index (χ0n) is 12.7. The molecule has 2 heterocycles. The third-order valence-corrected chi connectivity index (χ3v) is 3.43. The Bertz CT molecular complexity index is 482. The molecule has 6 nitrogen and oxygen atoms in total. The van der Waals surface area contributed by atoms with Crippen molar-refractivity contribution in [1.82, 2.24) is 14.7 Å². The van der Waals surface area contributed by atoms with Crippen LogP contribution in [0.2, 0.25) is 0 Å². The molecule has 0 saturated carbocycles.